The van der Waals surface area contributed by atoms with Crippen molar-refractivity contribution < 1.29 is 51.1 Å². The summed E-state index contributed by atoms with van der Waals surface area (Å²) in [7, 11) is 2.89. The summed E-state index contributed by atoms with van der Waals surface area (Å²) in [5, 5.41) is 104. The van der Waals surface area contributed by atoms with Gasteiger partial charge in [-0.1, -0.05) is 0 Å². The summed E-state index contributed by atoms with van der Waals surface area (Å²) >= 11 is 0. The van der Waals surface area contributed by atoms with Crippen LogP contribution in [-0.4, -0.2) is 139 Å². The van der Waals surface area contributed by atoms with Crippen LogP contribution in [0.3, 0.4) is 0 Å². The molecule has 0 aliphatic heterocycles. The van der Waals surface area contributed by atoms with Crippen molar-refractivity contribution in [2.75, 3.05) is 33.8 Å². The Hall–Kier alpha value is -0.480. The molecular weight excluding hydrogens is 356 g/mol. The molecule has 0 radical (unpaired) electrons. The van der Waals surface area contributed by atoms with Gasteiger partial charge in [-0.2, -0.15) is 0 Å². The van der Waals surface area contributed by atoms with Crippen molar-refractivity contribution in [2.45, 2.75) is 54.4 Å². The quantitative estimate of drug-likeness (QED) is 0.141. The van der Waals surface area contributed by atoms with Crippen molar-refractivity contribution in [1.29, 1.82) is 0 Å². The predicted octanol–water partition coefficient (Wildman–Crippen LogP) is -6.96. The van der Waals surface area contributed by atoms with E-state index in [1.807, 2.05) is 0 Å². The summed E-state index contributed by atoms with van der Waals surface area (Å²) < 4.78 is 0. The number of rotatable bonds is 13. The standard InChI is InChI=1S/C14H32N2O10/c1-15-3-6(18)8(20)10(22)11(23)13(25)14(26,5-17)12(24)9(21)7(19)4-16-2/h6-13,15-26H,3-5H2,1-2H3/t6?,7-,8+,9+,10-,11-,12-,13?,14+/m0/s1. The van der Waals surface area contributed by atoms with Gasteiger partial charge in [-0.05, 0) is 14.1 Å². The molecule has 12 heteroatoms. The highest BCUT2D eigenvalue weighted by Gasteiger charge is 2.52. The second kappa shape index (κ2) is 11.4. The maximum absolute atomic E-state index is 10.3. The number of hydrogen-bond acceptors (Lipinski definition) is 12. The first kappa shape index (κ1) is 25.5. The van der Waals surface area contributed by atoms with Crippen LogP contribution in [-0.2, 0) is 0 Å². The van der Waals surface area contributed by atoms with E-state index in [1.54, 1.807) is 0 Å². The van der Waals surface area contributed by atoms with Gasteiger partial charge in [0.05, 0.1) is 18.8 Å². The molecule has 0 saturated heterocycles. The van der Waals surface area contributed by atoms with Crippen LogP contribution >= 0.6 is 0 Å². The van der Waals surface area contributed by atoms with Gasteiger partial charge in [0.25, 0.3) is 0 Å². The number of aliphatic hydroxyl groups is 10. The van der Waals surface area contributed by atoms with Crippen LogP contribution in [0.1, 0.15) is 0 Å². The smallest absolute Gasteiger partial charge is 0.144 e. The highest BCUT2D eigenvalue weighted by Crippen LogP contribution is 2.24. The van der Waals surface area contributed by atoms with E-state index in [4.69, 9.17) is 0 Å². The summed E-state index contributed by atoms with van der Waals surface area (Å²) in [5.41, 5.74) is -2.96. The molecule has 26 heavy (non-hydrogen) atoms. The average molecular weight is 388 g/mol. The van der Waals surface area contributed by atoms with Gasteiger partial charge in [-0.15, -0.1) is 0 Å². The summed E-state index contributed by atoms with van der Waals surface area (Å²) in [4.78, 5) is 0. The van der Waals surface area contributed by atoms with E-state index in [9.17, 15) is 51.1 Å². The van der Waals surface area contributed by atoms with Crippen LogP contribution in [0.2, 0.25) is 0 Å². The molecule has 0 spiro atoms. The molecule has 158 valence electrons. The number of nitrogens with one attached hydrogen (secondary N) is 2. The van der Waals surface area contributed by atoms with Crippen molar-refractivity contribution in [3.63, 3.8) is 0 Å². The molecule has 12 N–H and O–H groups in total. The minimum Gasteiger partial charge on any atom is -0.393 e. The Morgan fingerprint density at radius 1 is 0.654 bits per heavy atom. The lowest BCUT2D eigenvalue weighted by Gasteiger charge is -2.41. The maximum atomic E-state index is 10.3. The Bertz CT molecular complexity index is 393. The molecule has 0 aromatic heterocycles. The minimum absolute atomic E-state index is 0.164. The molecule has 0 aliphatic rings. The summed E-state index contributed by atoms with van der Waals surface area (Å²) in [6.07, 6.45) is -16.4. The largest absolute Gasteiger partial charge is 0.393 e. The molecule has 0 aromatic rings. The molecule has 0 fully saturated rings. The summed E-state index contributed by atoms with van der Waals surface area (Å²) in [5.74, 6) is 0. The lowest BCUT2D eigenvalue weighted by Crippen LogP contribution is -2.67. The summed E-state index contributed by atoms with van der Waals surface area (Å²) in [6, 6.07) is 0. The zero-order valence-corrected chi connectivity index (χ0v) is 14.7. The first-order chi connectivity index (χ1) is 12.0. The molecule has 0 saturated carbocycles. The zero-order chi connectivity index (χ0) is 20.7. The van der Waals surface area contributed by atoms with Crippen LogP contribution in [0, 0.1) is 0 Å². The summed E-state index contributed by atoms with van der Waals surface area (Å²) in [6.45, 7) is -1.73. The van der Waals surface area contributed by atoms with Crippen LogP contribution in [0.4, 0.5) is 0 Å². The Morgan fingerprint density at radius 2 is 1.04 bits per heavy atom. The van der Waals surface area contributed by atoms with E-state index < -0.39 is 61.0 Å². The number of hydrogen-bond donors (Lipinski definition) is 12. The van der Waals surface area contributed by atoms with Crippen molar-refractivity contribution >= 4 is 0 Å². The van der Waals surface area contributed by atoms with Crippen molar-refractivity contribution in [2.24, 2.45) is 0 Å². The number of likely N-dealkylation sites (N-methyl/N-ethyl adjacent to an activating group) is 2. The van der Waals surface area contributed by atoms with Crippen molar-refractivity contribution in [3.05, 3.63) is 0 Å². The third-order valence-corrected chi connectivity index (χ3v) is 4.24. The molecule has 0 rings (SSSR count). The first-order valence-corrected chi connectivity index (χ1v) is 8.06. The highest BCUT2D eigenvalue weighted by atomic mass is 16.4. The van der Waals surface area contributed by atoms with Crippen LogP contribution in [0.15, 0.2) is 0 Å². The lowest BCUT2D eigenvalue weighted by atomic mass is 9.81. The Balaban J connectivity index is 5.31. The van der Waals surface area contributed by atoms with Gasteiger partial charge < -0.3 is 61.7 Å². The fourth-order valence-corrected chi connectivity index (χ4v) is 2.44. The lowest BCUT2D eigenvalue weighted by molar-refractivity contribution is -0.241. The normalized spacial score (nSPS) is 24.0. The molecule has 12 nitrogen and oxygen atoms in total. The van der Waals surface area contributed by atoms with E-state index in [2.05, 4.69) is 10.6 Å². The van der Waals surface area contributed by atoms with Crippen LogP contribution in [0.25, 0.3) is 0 Å². The van der Waals surface area contributed by atoms with Gasteiger partial charge in [0.1, 0.15) is 42.2 Å². The van der Waals surface area contributed by atoms with E-state index in [0.717, 1.165) is 0 Å². The molecule has 9 atom stereocenters. The SMILES string of the molecule is CNCC(O)[C@@H](O)[C@H](O)[C@H](O)C(O)[C@@](O)(CO)[C@@H](O)[C@H](O)[C@@H](O)CNC. The van der Waals surface area contributed by atoms with Gasteiger partial charge in [0, 0.05) is 13.1 Å². The van der Waals surface area contributed by atoms with E-state index >= 15 is 0 Å². The second-order valence-corrected chi connectivity index (χ2v) is 6.25. The average Bonchev–Trinajstić information content (AvgIpc) is 2.63. The molecule has 0 aromatic carbocycles. The van der Waals surface area contributed by atoms with Gasteiger partial charge in [-0.25, -0.2) is 0 Å². The number of aliphatic hydroxyl groups excluding tert-OH is 9. The first-order valence-electron chi connectivity index (χ1n) is 8.06. The van der Waals surface area contributed by atoms with Gasteiger partial charge in [-0.3, -0.25) is 0 Å². The van der Waals surface area contributed by atoms with Gasteiger partial charge in [0.15, 0.2) is 0 Å². The van der Waals surface area contributed by atoms with Gasteiger partial charge >= 0.3 is 0 Å². The Labute approximate surface area is 151 Å². The molecule has 2 unspecified atom stereocenters. The van der Waals surface area contributed by atoms with Gasteiger partial charge in [0.2, 0.25) is 0 Å². The van der Waals surface area contributed by atoms with E-state index in [-0.39, 0.29) is 13.1 Å². The monoisotopic (exact) mass is 388 g/mol. The Morgan fingerprint density at radius 3 is 1.42 bits per heavy atom. The zero-order valence-electron chi connectivity index (χ0n) is 14.7. The topological polar surface area (TPSA) is 226 Å². The fraction of sp³-hybridized carbons (Fsp3) is 1.00. The maximum Gasteiger partial charge on any atom is 0.144 e. The molecule has 0 heterocycles. The van der Waals surface area contributed by atoms with E-state index in [1.165, 1.54) is 14.1 Å². The molecular formula is C14H32N2O10. The fourth-order valence-electron chi connectivity index (χ4n) is 2.44. The van der Waals surface area contributed by atoms with Crippen molar-refractivity contribution in [3.8, 4) is 0 Å². The minimum atomic E-state index is -2.96. The van der Waals surface area contributed by atoms with Crippen LogP contribution < -0.4 is 10.6 Å². The second-order valence-electron chi connectivity index (χ2n) is 6.25. The highest BCUT2D eigenvalue weighted by molar-refractivity contribution is 5.02. The third kappa shape index (κ3) is 6.02. The van der Waals surface area contributed by atoms with E-state index in [0.29, 0.717) is 0 Å². The molecule has 0 aliphatic carbocycles. The Kier molecular flexibility index (Phi) is 11.2. The predicted molar refractivity (Wildman–Crippen MR) is 87.9 cm³/mol. The molecule has 0 amide bonds. The van der Waals surface area contributed by atoms with Crippen molar-refractivity contribution in [1.82, 2.24) is 10.6 Å². The third-order valence-electron chi connectivity index (χ3n) is 4.24. The van der Waals surface area contributed by atoms with Crippen LogP contribution in [0.5, 0.6) is 0 Å². The molecule has 0 bridgehead atoms.